The summed E-state index contributed by atoms with van der Waals surface area (Å²) in [5.41, 5.74) is 2.43. The zero-order valence-electron chi connectivity index (χ0n) is 12.8. The number of rotatable bonds is 7. The van der Waals surface area contributed by atoms with Crippen LogP contribution in [0.5, 0.6) is 0 Å². The van der Waals surface area contributed by atoms with Gasteiger partial charge >= 0.3 is 0 Å². The van der Waals surface area contributed by atoms with Crippen molar-refractivity contribution in [1.82, 2.24) is 5.32 Å². The van der Waals surface area contributed by atoms with Crippen LogP contribution in [-0.4, -0.2) is 19.6 Å². The summed E-state index contributed by atoms with van der Waals surface area (Å²) in [5.74, 6) is 0.673. The third-order valence-corrected chi connectivity index (χ3v) is 3.74. The molecule has 19 heavy (non-hydrogen) atoms. The molecule has 1 N–H and O–H groups in total. The van der Waals surface area contributed by atoms with Crippen LogP contribution in [0.2, 0.25) is 5.02 Å². The molecule has 0 bridgehead atoms. The van der Waals surface area contributed by atoms with Gasteiger partial charge in [-0.25, -0.2) is 0 Å². The van der Waals surface area contributed by atoms with Crippen molar-refractivity contribution in [3.8, 4) is 0 Å². The largest absolute Gasteiger partial charge is 0.373 e. The molecule has 0 saturated heterocycles. The Hall–Kier alpha value is -0.730. The van der Waals surface area contributed by atoms with Crippen molar-refractivity contribution in [2.45, 2.75) is 46.7 Å². The molecule has 1 aromatic carbocycles. The first-order valence-corrected chi connectivity index (χ1v) is 7.55. The standard InChI is InChI=1S/C16H27ClN2/c1-6-13(4)11-19(5)16-14(10-18-12(2)3)8-7-9-15(16)17/h7-9,12-13,18H,6,10-11H2,1-5H3. The van der Waals surface area contributed by atoms with Crippen LogP contribution in [0, 0.1) is 5.92 Å². The molecule has 0 aliphatic heterocycles. The molecule has 2 nitrogen and oxygen atoms in total. The third kappa shape index (κ3) is 5.04. The first-order valence-electron chi connectivity index (χ1n) is 7.17. The van der Waals surface area contributed by atoms with Gasteiger partial charge in [0.25, 0.3) is 0 Å². The van der Waals surface area contributed by atoms with Crippen molar-refractivity contribution in [3.63, 3.8) is 0 Å². The molecule has 0 aromatic heterocycles. The fourth-order valence-corrected chi connectivity index (χ4v) is 2.47. The number of benzene rings is 1. The van der Waals surface area contributed by atoms with E-state index in [4.69, 9.17) is 11.6 Å². The average molecular weight is 283 g/mol. The normalized spacial score (nSPS) is 12.8. The van der Waals surface area contributed by atoms with Gasteiger partial charge in [-0.1, -0.05) is 57.8 Å². The molecule has 0 radical (unpaired) electrons. The maximum atomic E-state index is 6.40. The minimum atomic E-state index is 0.478. The lowest BCUT2D eigenvalue weighted by Crippen LogP contribution is -2.27. The van der Waals surface area contributed by atoms with Crippen LogP contribution in [0.4, 0.5) is 5.69 Å². The average Bonchev–Trinajstić information content (AvgIpc) is 2.35. The highest BCUT2D eigenvalue weighted by Crippen LogP contribution is 2.30. The Bertz CT molecular complexity index is 390. The Balaban J connectivity index is 2.90. The van der Waals surface area contributed by atoms with Gasteiger partial charge in [0, 0.05) is 26.2 Å². The summed E-state index contributed by atoms with van der Waals surface area (Å²) < 4.78 is 0. The molecular weight excluding hydrogens is 256 g/mol. The van der Waals surface area contributed by atoms with E-state index >= 15 is 0 Å². The summed E-state index contributed by atoms with van der Waals surface area (Å²) in [6.07, 6.45) is 1.19. The molecule has 108 valence electrons. The van der Waals surface area contributed by atoms with Crippen molar-refractivity contribution >= 4 is 17.3 Å². The highest BCUT2D eigenvalue weighted by molar-refractivity contribution is 6.33. The summed E-state index contributed by atoms with van der Waals surface area (Å²) in [7, 11) is 2.13. The van der Waals surface area contributed by atoms with E-state index in [9.17, 15) is 0 Å². The van der Waals surface area contributed by atoms with E-state index in [1.807, 2.05) is 12.1 Å². The smallest absolute Gasteiger partial charge is 0.0642 e. The van der Waals surface area contributed by atoms with Crippen molar-refractivity contribution in [2.75, 3.05) is 18.5 Å². The van der Waals surface area contributed by atoms with Gasteiger partial charge in [-0.15, -0.1) is 0 Å². The van der Waals surface area contributed by atoms with E-state index < -0.39 is 0 Å². The number of anilines is 1. The van der Waals surface area contributed by atoms with Crippen LogP contribution < -0.4 is 10.2 Å². The van der Waals surface area contributed by atoms with E-state index in [1.54, 1.807) is 0 Å². The fourth-order valence-electron chi connectivity index (χ4n) is 2.13. The van der Waals surface area contributed by atoms with Gasteiger partial charge < -0.3 is 10.2 Å². The summed E-state index contributed by atoms with van der Waals surface area (Å²) in [5, 5.41) is 4.31. The fraction of sp³-hybridized carbons (Fsp3) is 0.625. The van der Waals surface area contributed by atoms with Gasteiger partial charge in [-0.3, -0.25) is 0 Å². The molecular formula is C16H27ClN2. The second-order valence-electron chi connectivity index (χ2n) is 5.68. The molecule has 0 fully saturated rings. The number of nitrogens with zero attached hydrogens (tertiary/aromatic N) is 1. The van der Waals surface area contributed by atoms with Crippen molar-refractivity contribution in [1.29, 1.82) is 0 Å². The lowest BCUT2D eigenvalue weighted by Gasteiger charge is -2.26. The molecule has 0 aliphatic rings. The lowest BCUT2D eigenvalue weighted by atomic mass is 10.1. The van der Waals surface area contributed by atoms with Crippen LogP contribution in [0.15, 0.2) is 18.2 Å². The van der Waals surface area contributed by atoms with Gasteiger partial charge in [0.1, 0.15) is 0 Å². The summed E-state index contributed by atoms with van der Waals surface area (Å²) >= 11 is 6.40. The number of hydrogen-bond acceptors (Lipinski definition) is 2. The first kappa shape index (κ1) is 16.3. The predicted octanol–water partition coefficient (Wildman–Crippen LogP) is 4.32. The van der Waals surface area contributed by atoms with Crippen molar-refractivity contribution in [3.05, 3.63) is 28.8 Å². The number of nitrogens with one attached hydrogen (secondary N) is 1. The summed E-state index contributed by atoms with van der Waals surface area (Å²) in [4.78, 5) is 2.29. The molecule has 0 amide bonds. The molecule has 1 unspecified atom stereocenters. The molecule has 0 spiro atoms. The van der Waals surface area contributed by atoms with Crippen LogP contribution in [0.1, 0.15) is 39.7 Å². The number of halogens is 1. The zero-order valence-corrected chi connectivity index (χ0v) is 13.6. The quantitative estimate of drug-likeness (QED) is 0.801. The molecule has 0 aliphatic carbocycles. The minimum Gasteiger partial charge on any atom is -0.373 e. The number of para-hydroxylation sites is 1. The zero-order chi connectivity index (χ0) is 14.4. The summed E-state index contributed by atoms with van der Waals surface area (Å²) in [6, 6.07) is 6.64. The van der Waals surface area contributed by atoms with Gasteiger partial charge in [-0.2, -0.15) is 0 Å². The Morgan fingerprint density at radius 2 is 1.95 bits per heavy atom. The predicted molar refractivity (Wildman–Crippen MR) is 86.2 cm³/mol. The minimum absolute atomic E-state index is 0.478. The van der Waals surface area contributed by atoms with Crippen molar-refractivity contribution < 1.29 is 0 Å². The van der Waals surface area contributed by atoms with E-state index in [0.717, 1.165) is 23.8 Å². The van der Waals surface area contributed by atoms with Gasteiger partial charge in [0.2, 0.25) is 0 Å². The molecule has 1 atom stereocenters. The van der Waals surface area contributed by atoms with E-state index in [-0.39, 0.29) is 0 Å². The van der Waals surface area contributed by atoms with Crippen LogP contribution in [-0.2, 0) is 6.54 Å². The van der Waals surface area contributed by atoms with E-state index in [2.05, 4.69) is 51.0 Å². The van der Waals surface area contributed by atoms with Crippen LogP contribution >= 0.6 is 11.6 Å². The highest BCUT2D eigenvalue weighted by atomic mass is 35.5. The van der Waals surface area contributed by atoms with E-state index in [1.165, 1.54) is 12.0 Å². The Morgan fingerprint density at radius 3 is 2.53 bits per heavy atom. The number of hydrogen-bond donors (Lipinski definition) is 1. The first-order chi connectivity index (χ1) is 8.95. The second kappa shape index (κ2) is 7.76. The molecule has 0 saturated carbocycles. The Kier molecular flexibility index (Phi) is 6.67. The van der Waals surface area contributed by atoms with Crippen LogP contribution in [0.3, 0.4) is 0 Å². The lowest BCUT2D eigenvalue weighted by molar-refractivity contribution is 0.556. The Morgan fingerprint density at radius 1 is 1.26 bits per heavy atom. The third-order valence-electron chi connectivity index (χ3n) is 3.44. The van der Waals surface area contributed by atoms with Gasteiger partial charge in [-0.05, 0) is 17.5 Å². The Labute approximate surface area is 123 Å². The molecule has 1 aromatic rings. The van der Waals surface area contributed by atoms with Crippen molar-refractivity contribution in [2.24, 2.45) is 5.92 Å². The molecule has 3 heteroatoms. The monoisotopic (exact) mass is 282 g/mol. The molecule has 1 rings (SSSR count). The van der Waals surface area contributed by atoms with Gasteiger partial charge in [0.05, 0.1) is 10.7 Å². The maximum Gasteiger partial charge on any atom is 0.0642 e. The summed E-state index contributed by atoms with van der Waals surface area (Å²) in [6.45, 7) is 10.7. The van der Waals surface area contributed by atoms with Gasteiger partial charge in [0.15, 0.2) is 0 Å². The second-order valence-corrected chi connectivity index (χ2v) is 6.08. The van der Waals surface area contributed by atoms with Crippen LogP contribution in [0.25, 0.3) is 0 Å². The van der Waals surface area contributed by atoms with E-state index in [0.29, 0.717) is 12.0 Å². The topological polar surface area (TPSA) is 15.3 Å². The maximum absolute atomic E-state index is 6.40. The highest BCUT2D eigenvalue weighted by Gasteiger charge is 2.13. The SMILES string of the molecule is CCC(C)CN(C)c1c(Cl)cccc1CNC(C)C. The molecule has 0 heterocycles.